The van der Waals surface area contributed by atoms with E-state index < -0.39 is 10.0 Å². The minimum absolute atomic E-state index is 0.196. The van der Waals surface area contributed by atoms with Gasteiger partial charge in [0, 0.05) is 5.56 Å². The average Bonchev–Trinajstić information content (AvgIpc) is 2.46. The van der Waals surface area contributed by atoms with Crippen molar-refractivity contribution in [2.45, 2.75) is 25.7 Å². The van der Waals surface area contributed by atoms with Gasteiger partial charge in [-0.1, -0.05) is 42.0 Å². The Bertz CT molecular complexity index is 766. The van der Waals surface area contributed by atoms with Crippen molar-refractivity contribution in [3.8, 4) is 0 Å². The van der Waals surface area contributed by atoms with E-state index in [-0.39, 0.29) is 4.90 Å². The second-order valence-corrected chi connectivity index (χ2v) is 6.58. The minimum Gasteiger partial charge on any atom is -0.200 e. The molecule has 0 heterocycles. The van der Waals surface area contributed by atoms with E-state index in [0.717, 1.165) is 16.7 Å². The van der Waals surface area contributed by atoms with Crippen LogP contribution in [-0.4, -0.2) is 14.1 Å². The van der Waals surface area contributed by atoms with E-state index in [1.165, 1.54) is 12.1 Å². The summed E-state index contributed by atoms with van der Waals surface area (Å²) in [6.07, 6.45) is 0. The van der Waals surface area contributed by atoms with Gasteiger partial charge in [0.1, 0.15) is 0 Å². The molecule has 21 heavy (non-hydrogen) atoms. The van der Waals surface area contributed by atoms with Gasteiger partial charge < -0.3 is 0 Å². The molecule has 0 saturated heterocycles. The molecule has 2 rings (SSSR count). The SMILES string of the molecule is C/C(=N\NS(=O)(=O)c1ccccc1)c1ccc(C)cc1C. The highest BCUT2D eigenvalue weighted by Gasteiger charge is 2.12. The lowest BCUT2D eigenvalue weighted by molar-refractivity contribution is 0.584. The molecule has 0 aliphatic heterocycles. The maximum atomic E-state index is 12.1. The number of nitrogens with zero attached hydrogens (tertiary/aromatic N) is 1. The number of aryl methyl sites for hydroxylation is 2. The summed E-state index contributed by atoms with van der Waals surface area (Å²) >= 11 is 0. The number of hydrogen-bond acceptors (Lipinski definition) is 3. The van der Waals surface area contributed by atoms with Crippen LogP contribution < -0.4 is 4.83 Å². The molecule has 0 aliphatic carbocycles. The summed E-state index contributed by atoms with van der Waals surface area (Å²) in [6.45, 7) is 5.78. The molecule has 4 nitrogen and oxygen atoms in total. The van der Waals surface area contributed by atoms with Gasteiger partial charge in [-0.3, -0.25) is 0 Å². The van der Waals surface area contributed by atoms with E-state index >= 15 is 0 Å². The van der Waals surface area contributed by atoms with Gasteiger partial charge in [-0.25, -0.2) is 0 Å². The lowest BCUT2D eigenvalue weighted by Crippen LogP contribution is -2.20. The first-order valence-corrected chi connectivity index (χ1v) is 8.07. The van der Waals surface area contributed by atoms with Crippen LogP contribution in [0.5, 0.6) is 0 Å². The molecule has 0 aliphatic rings. The van der Waals surface area contributed by atoms with Gasteiger partial charge in [-0.2, -0.15) is 18.4 Å². The first-order chi connectivity index (χ1) is 9.90. The second kappa shape index (κ2) is 6.10. The lowest BCUT2D eigenvalue weighted by Gasteiger charge is -2.08. The smallest absolute Gasteiger partial charge is 0.200 e. The highest BCUT2D eigenvalue weighted by atomic mass is 32.2. The standard InChI is InChI=1S/C16H18N2O2S/c1-12-9-10-16(13(2)11-12)14(3)17-18-21(19,20)15-7-5-4-6-8-15/h4-11,18H,1-3H3/b17-14+. The third-order valence-corrected chi connectivity index (χ3v) is 4.38. The van der Waals surface area contributed by atoms with Gasteiger partial charge in [-0.15, -0.1) is 0 Å². The van der Waals surface area contributed by atoms with Gasteiger partial charge in [0.05, 0.1) is 10.6 Å². The van der Waals surface area contributed by atoms with Crippen LogP contribution >= 0.6 is 0 Å². The maximum Gasteiger partial charge on any atom is 0.276 e. The van der Waals surface area contributed by atoms with Crippen LogP contribution in [0.15, 0.2) is 58.5 Å². The van der Waals surface area contributed by atoms with E-state index in [0.29, 0.717) is 5.71 Å². The van der Waals surface area contributed by atoms with Crippen molar-refractivity contribution < 1.29 is 8.42 Å². The Morgan fingerprint density at radius 3 is 2.33 bits per heavy atom. The van der Waals surface area contributed by atoms with E-state index in [2.05, 4.69) is 9.93 Å². The van der Waals surface area contributed by atoms with Crippen LogP contribution in [0.4, 0.5) is 0 Å². The second-order valence-electron chi connectivity index (χ2n) is 4.92. The summed E-state index contributed by atoms with van der Waals surface area (Å²) in [5.74, 6) is 0. The van der Waals surface area contributed by atoms with Crippen LogP contribution in [0, 0.1) is 13.8 Å². The highest BCUT2D eigenvalue weighted by molar-refractivity contribution is 7.89. The Balaban J connectivity index is 2.24. The van der Waals surface area contributed by atoms with Gasteiger partial charge in [-0.05, 0) is 38.5 Å². The van der Waals surface area contributed by atoms with E-state index in [9.17, 15) is 8.42 Å². The molecule has 0 unspecified atom stereocenters. The van der Waals surface area contributed by atoms with Gasteiger partial charge >= 0.3 is 0 Å². The Labute approximate surface area is 125 Å². The zero-order valence-corrected chi connectivity index (χ0v) is 13.1. The maximum absolute atomic E-state index is 12.1. The number of sulfonamides is 1. The molecule has 0 saturated carbocycles. The Morgan fingerprint density at radius 2 is 1.71 bits per heavy atom. The quantitative estimate of drug-likeness (QED) is 0.697. The highest BCUT2D eigenvalue weighted by Crippen LogP contribution is 2.12. The lowest BCUT2D eigenvalue weighted by atomic mass is 10.0. The van der Waals surface area contributed by atoms with Crippen molar-refractivity contribution in [2.24, 2.45) is 5.10 Å². The average molecular weight is 302 g/mol. The fourth-order valence-corrected chi connectivity index (χ4v) is 2.94. The fourth-order valence-electron chi connectivity index (χ4n) is 2.06. The predicted octanol–water partition coefficient (Wildman–Crippen LogP) is 3.01. The predicted molar refractivity (Wildman–Crippen MR) is 84.9 cm³/mol. The zero-order chi connectivity index (χ0) is 15.5. The molecular formula is C16H18N2O2S. The molecular weight excluding hydrogens is 284 g/mol. The van der Waals surface area contributed by atoms with Crippen molar-refractivity contribution >= 4 is 15.7 Å². The van der Waals surface area contributed by atoms with Crippen LogP contribution in [0.3, 0.4) is 0 Å². The van der Waals surface area contributed by atoms with Crippen LogP contribution in [-0.2, 0) is 10.0 Å². The molecule has 0 amide bonds. The monoisotopic (exact) mass is 302 g/mol. The van der Waals surface area contributed by atoms with Crippen LogP contribution in [0.1, 0.15) is 23.6 Å². The number of benzene rings is 2. The summed E-state index contributed by atoms with van der Waals surface area (Å²) in [4.78, 5) is 2.47. The molecule has 0 fully saturated rings. The van der Waals surface area contributed by atoms with E-state index in [1.807, 2.05) is 32.0 Å². The molecule has 0 atom stereocenters. The van der Waals surface area contributed by atoms with E-state index in [4.69, 9.17) is 0 Å². The van der Waals surface area contributed by atoms with E-state index in [1.54, 1.807) is 25.1 Å². The molecule has 5 heteroatoms. The summed E-state index contributed by atoms with van der Waals surface area (Å²) < 4.78 is 24.2. The van der Waals surface area contributed by atoms with Crippen molar-refractivity contribution in [1.29, 1.82) is 0 Å². The summed E-state index contributed by atoms with van der Waals surface area (Å²) in [7, 11) is -3.62. The van der Waals surface area contributed by atoms with Gasteiger partial charge in [0.2, 0.25) is 0 Å². The largest absolute Gasteiger partial charge is 0.276 e. The summed E-state index contributed by atoms with van der Waals surface area (Å²) in [6, 6.07) is 14.1. The number of nitrogens with one attached hydrogen (secondary N) is 1. The fraction of sp³-hybridized carbons (Fsp3) is 0.188. The van der Waals surface area contributed by atoms with Crippen molar-refractivity contribution in [3.63, 3.8) is 0 Å². The summed E-state index contributed by atoms with van der Waals surface area (Å²) in [5.41, 5.74) is 3.78. The number of hydrazone groups is 1. The number of hydrogen-bond donors (Lipinski definition) is 1. The number of rotatable bonds is 4. The molecule has 0 spiro atoms. The third kappa shape index (κ3) is 3.70. The van der Waals surface area contributed by atoms with Crippen LogP contribution in [0.25, 0.3) is 0 Å². The Morgan fingerprint density at radius 1 is 1.05 bits per heavy atom. The molecule has 0 bridgehead atoms. The molecule has 110 valence electrons. The van der Waals surface area contributed by atoms with Gasteiger partial charge in [0.25, 0.3) is 10.0 Å². The molecule has 2 aromatic rings. The Kier molecular flexibility index (Phi) is 4.43. The molecule has 0 radical (unpaired) electrons. The topological polar surface area (TPSA) is 58.5 Å². The van der Waals surface area contributed by atoms with Crippen LogP contribution in [0.2, 0.25) is 0 Å². The normalized spacial score (nSPS) is 12.2. The Hall–Kier alpha value is -2.14. The zero-order valence-electron chi connectivity index (χ0n) is 12.3. The van der Waals surface area contributed by atoms with Crippen molar-refractivity contribution in [2.75, 3.05) is 0 Å². The minimum atomic E-state index is -3.62. The summed E-state index contributed by atoms with van der Waals surface area (Å²) in [5, 5.41) is 4.01. The molecule has 1 N–H and O–H groups in total. The van der Waals surface area contributed by atoms with Crippen molar-refractivity contribution in [3.05, 3.63) is 65.2 Å². The van der Waals surface area contributed by atoms with Crippen molar-refractivity contribution in [1.82, 2.24) is 4.83 Å². The third-order valence-electron chi connectivity index (χ3n) is 3.16. The molecule has 2 aromatic carbocycles. The first-order valence-electron chi connectivity index (χ1n) is 6.59. The van der Waals surface area contributed by atoms with Gasteiger partial charge in [0.15, 0.2) is 0 Å². The first kappa shape index (κ1) is 15.3. The molecule has 0 aromatic heterocycles.